The molecule has 120 valence electrons. The fourth-order valence-corrected chi connectivity index (χ4v) is 2.97. The zero-order valence-electron chi connectivity index (χ0n) is 12.5. The van der Waals surface area contributed by atoms with Gasteiger partial charge in [0.25, 0.3) is 5.69 Å². The van der Waals surface area contributed by atoms with Gasteiger partial charge in [-0.1, -0.05) is 23.7 Å². The standard InChI is InChI=1S/C17H17ClN2O3/c18-14-3-1-2-13(9-14)17(6-7-17)11-19-15-8-12(10-21)4-5-16(15)20(22)23/h1-5,8-9,19,21H,6-7,10-11H2. The number of anilines is 1. The van der Waals surface area contributed by atoms with Crippen molar-refractivity contribution in [3.8, 4) is 0 Å². The fraction of sp³-hybridized carbons (Fsp3) is 0.294. The van der Waals surface area contributed by atoms with Crippen LogP contribution in [0.3, 0.4) is 0 Å². The van der Waals surface area contributed by atoms with E-state index in [0.29, 0.717) is 22.8 Å². The highest BCUT2D eigenvalue weighted by Crippen LogP contribution is 2.48. The van der Waals surface area contributed by atoms with E-state index in [2.05, 4.69) is 5.32 Å². The van der Waals surface area contributed by atoms with Crippen molar-refractivity contribution in [3.63, 3.8) is 0 Å². The van der Waals surface area contributed by atoms with E-state index in [9.17, 15) is 15.2 Å². The van der Waals surface area contributed by atoms with Crippen LogP contribution in [-0.4, -0.2) is 16.6 Å². The summed E-state index contributed by atoms with van der Waals surface area (Å²) >= 11 is 6.06. The summed E-state index contributed by atoms with van der Waals surface area (Å²) in [6.07, 6.45) is 2.04. The lowest BCUT2D eigenvalue weighted by molar-refractivity contribution is -0.384. The van der Waals surface area contributed by atoms with E-state index in [1.807, 2.05) is 24.3 Å². The molecule has 1 fully saturated rings. The maximum absolute atomic E-state index is 11.2. The molecule has 1 aliphatic rings. The van der Waals surface area contributed by atoms with E-state index in [1.54, 1.807) is 12.1 Å². The van der Waals surface area contributed by atoms with Gasteiger partial charge in [0.15, 0.2) is 0 Å². The van der Waals surface area contributed by atoms with Gasteiger partial charge in [0, 0.05) is 23.0 Å². The number of aliphatic hydroxyl groups excluding tert-OH is 1. The highest BCUT2D eigenvalue weighted by Gasteiger charge is 2.44. The number of benzene rings is 2. The molecular formula is C17H17ClN2O3. The van der Waals surface area contributed by atoms with E-state index >= 15 is 0 Å². The van der Waals surface area contributed by atoms with Crippen LogP contribution >= 0.6 is 11.6 Å². The van der Waals surface area contributed by atoms with Crippen LogP contribution in [0.1, 0.15) is 24.0 Å². The molecule has 2 aromatic carbocycles. The van der Waals surface area contributed by atoms with Crippen molar-refractivity contribution in [2.24, 2.45) is 0 Å². The predicted molar refractivity (Wildman–Crippen MR) is 89.9 cm³/mol. The summed E-state index contributed by atoms with van der Waals surface area (Å²) in [5.41, 5.74) is 2.23. The summed E-state index contributed by atoms with van der Waals surface area (Å²) in [4.78, 5) is 10.7. The number of halogens is 1. The van der Waals surface area contributed by atoms with Gasteiger partial charge in [-0.3, -0.25) is 10.1 Å². The normalized spacial score (nSPS) is 15.2. The Morgan fingerprint density at radius 3 is 2.65 bits per heavy atom. The van der Waals surface area contributed by atoms with E-state index in [1.165, 1.54) is 6.07 Å². The van der Waals surface area contributed by atoms with Gasteiger partial charge in [-0.2, -0.15) is 0 Å². The zero-order valence-corrected chi connectivity index (χ0v) is 13.2. The minimum Gasteiger partial charge on any atom is -0.392 e. The Bertz CT molecular complexity index is 744. The minimum atomic E-state index is -0.414. The lowest BCUT2D eigenvalue weighted by atomic mass is 9.96. The molecule has 0 bridgehead atoms. The average molecular weight is 333 g/mol. The van der Waals surface area contributed by atoms with Gasteiger partial charge in [-0.25, -0.2) is 0 Å². The first kappa shape index (κ1) is 15.8. The maximum atomic E-state index is 11.2. The Kier molecular flexibility index (Phi) is 4.24. The molecule has 6 heteroatoms. The molecule has 0 saturated heterocycles. The van der Waals surface area contributed by atoms with E-state index < -0.39 is 4.92 Å². The third-order valence-electron chi connectivity index (χ3n) is 4.35. The Hall–Kier alpha value is -2.11. The molecule has 23 heavy (non-hydrogen) atoms. The van der Waals surface area contributed by atoms with Crippen LogP contribution < -0.4 is 5.32 Å². The lowest BCUT2D eigenvalue weighted by Gasteiger charge is -2.18. The molecule has 0 aromatic heterocycles. The second-order valence-corrected chi connectivity index (χ2v) is 6.35. The van der Waals surface area contributed by atoms with Crippen molar-refractivity contribution >= 4 is 23.0 Å². The first-order valence-electron chi connectivity index (χ1n) is 7.42. The topological polar surface area (TPSA) is 75.4 Å². The molecule has 0 unspecified atom stereocenters. The first-order valence-corrected chi connectivity index (χ1v) is 7.80. The molecule has 2 N–H and O–H groups in total. The van der Waals surface area contributed by atoms with Crippen LogP contribution in [0, 0.1) is 10.1 Å². The van der Waals surface area contributed by atoms with Crippen molar-refractivity contribution in [2.45, 2.75) is 24.9 Å². The number of nitrogens with one attached hydrogen (secondary N) is 1. The lowest BCUT2D eigenvalue weighted by Crippen LogP contribution is -2.20. The summed E-state index contributed by atoms with van der Waals surface area (Å²) < 4.78 is 0. The van der Waals surface area contributed by atoms with Crippen molar-refractivity contribution < 1.29 is 10.0 Å². The van der Waals surface area contributed by atoms with E-state index in [-0.39, 0.29) is 17.7 Å². The molecule has 0 heterocycles. The number of hydrogen-bond acceptors (Lipinski definition) is 4. The van der Waals surface area contributed by atoms with Crippen molar-refractivity contribution in [1.82, 2.24) is 0 Å². The first-order chi connectivity index (χ1) is 11.0. The van der Waals surface area contributed by atoms with Crippen LogP contribution in [0.25, 0.3) is 0 Å². The number of aliphatic hydroxyl groups is 1. The Balaban J connectivity index is 1.82. The molecule has 3 rings (SSSR count). The summed E-state index contributed by atoms with van der Waals surface area (Å²) in [6, 6.07) is 12.4. The number of rotatable bonds is 6. The summed E-state index contributed by atoms with van der Waals surface area (Å²) in [6.45, 7) is 0.454. The van der Waals surface area contributed by atoms with Crippen molar-refractivity contribution in [3.05, 3.63) is 68.7 Å². The Morgan fingerprint density at radius 2 is 2.04 bits per heavy atom. The molecule has 5 nitrogen and oxygen atoms in total. The van der Waals surface area contributed by atoms with Crippen LogP contribution in [0.2, 0.25) is 5.02 Å². The average Bonchev–Trinajstić information content (AvgIpc) is 3.33. The number of nitrogens with zero attached hydrogens (tertiary/aromatic N) is 1. The second-order valence-electron chi connectivity index (χ2n) is 5.91. The van der Waals surface area contributed by atoms with Gasteiger partial charge in [-0.05, 0) is 48.2 Å². The molecule has 1 aliphatic carbocycles. The van der Waals surface area contributed by atoms with Gasteiger partial charge in [0.2, 0.25) is 0 Å². The molecule has 0 atom stereocenters. The quantitative estimate of drug-likeness (QED) is 0.621. The van der Waals surface area contributed by atoms with Gasteiger partial charge in [-0.15, -0.1) is 0 Å². The molecule has 1 saturated carbocycles. The minimum absolute atomic E-state index is 0.0177. The monoisotopic (exact) mass is 332 g/mol. The van der Waals surface area contributed by atoms with Crippen LogP contribution in [0.4, 0.5) is 11.4 Å². The second kappa shape index (κ2) is 6.18. The highest BCUT2D eigenvalue weighted by molar-refractivity contribution is 6.30. The number of nitro groups is 1. The van der Waals surface area contributed by atoms with Crippen LogP contribution in [0.15, 0.2) is 42.5 Å². The summed E-state index contributed by atoms with van der Waals surface area (Å²) in [5.74, 6) is 0. The number of hydrogen-bond donors (Lipinski definition) is 2. The molecule has 2 aromatic rings. The Labute approximate surface area is 139 Å². The summed E-state index contributed by atoms with van der Waals surface area (Å²) in [5, 5.41) is 24.3. The molecule has 0 amide bonds. The molecule has 0 radical (unpaired) electrons. The van der Waals surface area contributed by atoms with Gasteiger partial charge in [0.05, 0.1) is 11.5 Å². The SMILES string of the molecule is O=[N+]([O-])c1ccc(CO)cc1NCC1(c2cccc(Cl)c2)CC1. The summed E-state index contributed by atoms with van der Waals surface area (Å²) in [7, 11) is 0. The highest BCUT2D eigenvalue weighted by atomic mass is 35.5. The zero-order chi connectivity index (χ0) is 16.4. The van der Waals surface area contributed by atoms with Crippen molar-refractivity contribution in [2.75, 3.05) is 11.9 Å². The van der Waals surface area contributed by atoms with Gasteiger partial charge < -0.3 is 10.4 Å². The fourth-order valence-electron chi connectivity index (χ4n) is 2.78. The van der Waals surface area contributed by atoms with Gasteiger partial charge in [0.1, 0.15) is 5.69 Å². The Morgan fingerprint density at radius 1 is 1.26 bits per heavy atom. The smallest absolute Gasteiger partial charge is 0.292 e. The molecule has 0 aliphatic heterocycles. The molecule has 0 spiro atoms. The van der Waals surface area contributed by atoms with Crippen LogP contribution in [-0.2, 0) is 12.0 Å². The third-order valence-corrected chi connectivity index (χ3v) is 4.58. The largest absolute Gasteiger partial charge is 0.392 e. The van der Waals surface area contributed by atoms with Crippen LogP contribution in [0.5, 0.6) is 0 Å². The van der Waals surface area contributed by atoms with Gasteiger partial charge >= 0.3 is 0 Å². The predicted octanol–water partition coefficient (Wildman–Crippen LogP) is 3.88. The van der Waals surface area contributed by atoms with E-state index in [0.717, 1.165) is 18.4 Å². The molecular weight excluding hydrogens is 316 g/mol. The maximum Gasteiger partial charge on any atom is 0.292 e. The van der Waals surface area contributed by atoms with Crippen molar-refractivity contribution in [1.29, 1.82) is 0 Å². The third kappa shape index (κ3) is 3.30. The number of nitro benzene ring substituents is 1. The van der Waals surface area contributed by atoms with E-state index in [4.69, 9.17) is 11.6 Å².